The summed E-state index contributed by atoms with van der Waals surface area (Å²) in [5.74, 6) is 0.689. The van der Waals surface area contributed by atoms with Crippen LogP contribution in [0, 0.1) is 11.3 Å². The van der Waals surface area contributed by atoms with Gasteiger partial charge in [0.2, 0.25) is 0 Å². The zero-order chi connectivity index (χ0) is 22.0. The van der Waals surface area contributed by atoms with E-state index in [-0.39, 0.29) is 36.7 Å². The van der Waals surface area contributed by atoms with Gasteiger partial charge in [0.25, 0.3) is 5.56 Å². The Balaban J connectivity index is 1.45. The molecular weight excluding hydrogens is 398 g/mol. The molecule has 0 fully saturated rings. The SMILES string of the molecule is CC1(C)Cc2cccc(OCC(=O)OCc3nc4ccccc4c(=O)n3CC#N)c2O1. The molecule has 0 N–H and O–H groups in total. The summed E-state index contributed by atoms with van der Waals surface area (Å²) in [4.78, 5) is 29.3. The second kappa shape index (κ2) is 8.11. The van der Waals surface area contributed by atoms with E-state index in [1.165, 1.54) is 4.57 Å². The minimum Gasteiger partial charge on any atom is -0.483 e. The van der Waals surface area contributed by atoms with Gasteiger partial charge in [0.15, 0.2) is 23.9 Å². The van der Waals surface area contributed by atoms with Crippen LogP contribution < -0.4 is 15.0 Å². The summed E-state index contributed by atoms with van der Waals surface area (Å²) in [7, 11) is 0. The van der Waals surface area contributed by atoms with Gasteiger partial charge in [0.1, 0.15) is 18.8 Å². The van der Waals surface area contributed by atoms with Crippen molar-refractivity contribution in [1.82, 2.24) is 9.55 Å². The van der Waals surface area contributed by atoms with E-state index in [0.717, 1.165) is 12.0 Å². The first-order chi connectivity index (χ1) is 14.9. The van der Waals surface area contributed by atoms with Gasteiger partial charge in [-0.25, -0.2) is 9.78 Å². The smallest absolute Gasteiger partial charge is 0.344 e. The Morgan fingerprint density at radius 3 is 2.87 bits per heavy atom. The number of fused-ring (bicyclic) bond motifs is 2. The molecule has 158 valence electrons. The molecule has 0 radical (unpaired) electrons. The third-order valence-electron chi connectivity index (χ3n) is 4.93. The quantitative estimate of drug-likeness (QED) is 0.566. The molecule has 2 aromatic carbocycles. The van der Waals surface area contributed by atoms with Crippen molar-refractivity contribution in [3.8, 4) is 17.6 Å². The lowest BCUT2D eigenvalue weighted by molar-refractivity contribution is -0.147. The van der Waals surface area contributed by atoms with Crippen molar-refractivity contribution >= 4 is 16.9 Å². The van der Waals surface area contributed by atoms with Crippen LogP contribution in [0.25, 0.3) is 10.9 Å². The summed E-state index contributed by atoms with van der Waals surface area (Å²) >= 11 is 0. The van der Waals surface area contributed by atoms with E-state index in [1.54, 1.807) is 30.3 Å². The third kappa shape index (κ3) is 4.21. The standard InChI is InChI=1S/C23H21N3O5/c1-23(2)12-15-6-5-9-18(21(15)31-23)29-14-20(27)30-13-19-25-17-8-4-3-7-16(17)22(28)26(19)11-10-24/h3-9H,11-14H2,1-2H3. The molecule has 8 nitrogen and oxygen atoms in total. The van der Waals surface area contributed by atoms with Gasteiger partial charge in [0.05, 0.1) is 17.0 Å². The van der Waals surface area contributed by atoms with Gasteiger partial charge < -0.3 is 14.2 Å². The van der Waals surface area contributed by atoms with E-state index >= 15 is 0 Å². The molecule has 0 amide bonds. The van der Waals surface area contributed by atoms with Crippen molar-refractivity contribution in [2.24, 2.45) is 0 Å². The van der Waals surface area contributed by atoms with Crippen molar-refractivity contribution < 1.29 is 19.0 Å². The monoisotopic (exact) mass is 419 g/mol. The predicted molar refractivity (Wildman–Crippen MR) is 112 cm³/mol. The number of nitriles is 1. The van der Waals surface area contributed by atoms with Crippen LogP contribution in [0.3, 0.4) is 0 Å². The number of benzene rings is 2. The number of rotatable bonds is 6. The normalized spacial score (nSPS) is 13.8. The second-order valence-electron chi connectivity index (χ2n) is 7.83. The summed E-state index contributed by atoms with van der Waals surface area (Å²) in [5.41, 5.74) is 0.823. The molecule has 4 rings (SSSR count). The average molecular weight is 419 g/mol. The van der Waals surface area contributed by atoms with Gasteiger partial charge in [-0.1, -0.05) is 24.3 Å². The van der Waals surface area contributed by atoms with Crippen LogP contribution in [0.15, 0.2) is 47.3 Å². The largest absolute Gasteiger partial charge is 0.483 e. The molecule has 1 aromatic heterocycles. The molecule has 2 heterocycles. The van der Waals surface area contributed by atoms with Crippen LogP contribution in [0.2, 0.25) is 0 Å². The summed E-state index contributed by atoms with van der Waals surface area (Å²) in [5, 5.41) is 9.46. The summed E-state index contributed by atoms with van der Waals surface area (Å²) in [6.07, 6.45) is 0.758. The van der Waals surface area contributed by atoms with E-state index in [4.69, 9.17) is 19.5 Å². The number of carbonyl (C=O) groups is 1. The van der Waals surface area contributed by atoms with Gasteiger partial charge in [0, 0.05) is 12.0 Å². The van der Waals surface area contributed by atoms with Crippen LogP contribution >= 0.6 is 0 Å². The number of ether oxygens (including phenoxy) is 3. The van der Waals surface area contributed by atoms with Crippen molar-refractivity contribution in [3.05, 3.63) is 64.2 Å². The Kier molecular flexibility index (Phi) is 5.34. The Hall–Kier alpha value is -3.86. The lowest BCUT2D eigenvalue weighted by Crippen LogP contribution is -2.26. The highest BCUT2D eigenvalue weighted by molar-refractivity contribution is 5.77. The first-order valence-corrected chi connectivity index (χ1v) is 9.83. The van der Waals surface area contributed by atoms with E-state index in [0.29, 0.717) is 22.4 Å². The molecule has 31 heavy (non-hydrogen) atoms. The molecule has 0 spiro atoms. The highest BCUT2D eigenvalue weighted by Gasteiger charge is 2.32. The van der Waals surface area contributed by atoms with E-state index < -0.39 is 5.97 Å². The van der Waals surface area contributed by atoms with E-state index in [9.17, 15) is 9.59 Å². The molecule has 0 atom stereocenters. The van der Waals surface area contributed by atoms with E-state index in [2.05, 4.69) is 4.98 Å². The van der Waals surface area contributed by atoms with Crippen LogP contribution in [0.1, 0.15) is 25.2 Å². The maximum atomic E-state index is 12.6. The number of esters is 1. The first-order valence-electron chi connectivity index (χ1n) is 9.83. The minimum atomic E-state index is -0.624. The van der Waals surface area contributed by atoms with Gasteiger partial charge in [-0.3, -0.25) is 9.36 Å². The Bertz CT molecular complexity index is 1260. The second-order valence-corrected chi connectivity index (χ2v) is 7.83. The molecular formula is C23H21N3O5. The lowest BCUT2D eigenvalue weighted by Gasteiger charge is -2.18. The fraction of sp³-hybridized carbons (Fsp3) is 0.304. The fourth-order valence-electron chi connectivity index (χ4n) is 3.58. The molecule has 8 heteroatoms. The number of nitrogens with zero attached hydrogens (tertiary/aromatic N) is 3. The highest BCUT2D eigenvalue weighted by Crippen LogP contribution is 2.41. The van der Waals surface area contributed by atoms with Crippen LogP contribution in [-0.4, -0.2) is 27.7 Å². The van der Waals surface area contributed by atoms with Gasteiger partial charge in [-0.05, 0) is 32.0 Å². The number of hydrogen-bond donors (Lipinski definition) is 0. The van der Waals surface area contributed by atoms with Crippen molar-refractivity contribution in [2.75, 3.05) is 6.61 Å². The van der Waals surface area contributed by atoms with Crippen LogP contribution in [0.5, 0.6) is 11.5 Å². The number of aromatic nitrogens is 2. The number of hydrogen-bond acceptors (Lipinski definition) is 7. The molecule has 0 aliphatic carbocycles. The van der Waals surface area contributed by atoms with Crippen LogP contribution in [-0.2, 0) is 29.1 Å². The van der Waals surface area contributed by atoms with Crippen molar-refractivity contribution in [2.45, 2.75) is 39.0 Å². The fourth-order valence-corrected chi connectivity index (χ4v) is 3.58. The molecule has 1 aliphatic rings. The van der Waals surface area contributed by atoms with Gasteiger partial charge >= 0.3 is 5.97 Å². The minimum absolute atomic E-state index is 0.191. The Morgan fingerprint density at radius 1 is 1.26 bits per heavy atom. The molecule has 3 aromatic rings. The average Bonchev–Trinajstić information content (AvgIpc) is 3.07. The first kappa shape index (κ1) is 20.4. The highest BCUT2D eigenvalue weighted by atomic mass is 16.6. The van der Waals surface area contributed by atoms with Gasteiger partial charge in [-0.2, -0.15) is 5.26 Å². The molecule has 0 unspecified atom stereocenters. The topological polar surface area (TPSA) is 103 Å². The third-order valence-corrected chi connectivity index (χ3v) is 4.93. The van der Waals surface area contributed by atoms with Crippen molar-refractivity contribution in [1.29, 1.82) is 5.26 Å². The molecule has 1 aliphatic heterocycles. The zero-order valence-corrected chi connectivity index (χ0v) is 17.3. The molecule has 0 saturated carbocycles. The Labute approximate surface area is 178 Å². The summed E-state index contributed by atoms with van der Waals surface area (Å²) in [6, 6.07) is 14.3. The zero-order valence-electron chi connectivity index (χ0n) is 17.3. The number of para-hydroxylation sites is 2. The van der Waals surface area contributed by atoms with Crippen molar-refractivity contribution in [3.63, 3.8) is 0 Å². The molecule has 0 bridgehead atoms. The van der Waals surface area contributed by atoms with Gasteiger partial charge in [-0.15, -0.1) is 0 Å². The van der Waals surface area contributed by atoms with E-state index in [1.807, 2.05) is 32.0 Å². The van der Waals surface area contributed by atoms with Crippen LogP contribution in [0.4, 0.5) is 0 Å². The summed E-state index contributed by atoms with van der Waals surface area (Å²) in [6.45, 7) is 3.21. The predicted octanol–water partition coefficient (Wildman–Crippen LogP) is 2.76. The lowest BCUT2D eigenvalue weighted by atomic mass is 10.0. The summed E-state index contributed by atoms with van der Waals surface area (Å²) < 4.78 is 18.0. The maximum Gasteiger partial charge on any atom is 0.344 e. The maximum absolute atomic E-state index is 12.6. The molecule has 0 saturated heterocycles. The number of carbonyl (C=O) groups excluding carboxylic acids is 1. The Morgan fingerprint density at radius 2 is 2.06 bits per heavy atom.